The summed E-state index contributed by atoms with van der Waals surface area (Å²) in [5.74, 6) is -0.381. The molecule has 0 saturated heterocycles. The zero-order valence-electron chi connectivity index (χ0n) is 12.6. The molecule has 0 heterocycles. The Morgan fingerprint density at radius 1 is 1.14 bits per heavy atom. The summed E-state index contributed by atoms with van der Waals surface area (Å²) in [6, 6.07) is 4.73. The van der Waals surface area contributed by atoms with Gasteiger partial charge in [-0.15, -0.1) is 0 Å². The molecule has 0 saturated carbocycles. The van der Waals surface area contributed by atoms with Crippen LogP contribution in [0.3, 0.4) is 0 Å². The number of sulfonamides is 2. The summed E-state index contributed by atoms with van der Waals surface area (Å²) in [6.07, 6.45) is 0. The van der Waals surface area contributed by atoms with Crippen LogP contribution >= 0.6 is 0 Å². The maximum atomic E-state index is 12.5. The summed E-state index contributed by atoms with van der Waals surface area (Å²) < 4.78 is 48.7. The van der Waals surface area contributed by atoms with E-state index in [-0.39, 0.29) is 28.8 Å². The largest absolute Gasteiger partial charge is 0.348 e. The van der Waals surface area contributed by atoms with Crippen molar-refractivity contribution in [2.75, 3.05) is 27.2 Å². The summed E-state index contributed by atoms with van der Waals surface area (Å²) in [5.41, 5.74) is 0. The highest BCUT2D eigenvalue weighted by Gasteiger charge is 2.26. The monoisotopic (exact) mass is 349 g/mol. The van der Waals surface area contributed by atoms with Crippen LogP contribution in [0.4, 0.5) is 0 Å². The summed E-state index contributed by atoms with van der Waals surface area (Å²) >= 11 is 0. The number of hydrogen-bond acceptors (Lipinski definition) is 5. The lowest BCUT2D eigenvalue weighted by molar-refractivity contribution is -0.128. The summed E-state index contributed by atoms with van der Waals surface area (Å²) in [4.78, 5) is 12.5. The van der Waals surface area contributed by atoms with Crippen molar-refractivity contribution in [2.45, 2.75) is 16.7 Å². The Kier molecular flexibility index (Phi) is 5.68. The van der Waals surface area contributed by atoms with Crippen LogP contribution in [0.15, 0.2) is 34.1 Å². The second-order valence-corrected chi connectivity index (χ2v) is 8.24. The standard InChI is InChI=1S/C12H19N3O5S2/c1-4-15(9-12(16)14(2)3)22(19,20)11-7-5-6-10(8-11)21(13,17)18/h5-8H,4,9H2,1-3H3,(H2,13,17,18). The molecule has 22 heavy (non-hydrogen) atoms. The van der Waals surface area contributed by atoms with E-state index in [9.17, 15) is 21.6 Å². The number of nitrogens with two attached hydrogens (primary N) is 1. The van der Waals surface area contributed by atoms with E-state index in [1.165, 1.54) is 37.2 Å². The number of hydrogen-bond donors (Lipinski definition) is 1. The summed E-state index contributed by atoms with van der Waals surface area (Å²) in [5, 5.41) is 5.00. The third-order valence-electron chi connectivity index (χ3n) is 2.93. The molecule has 1 aromatic carbocycles. The number of carbonyl (C=O) groups excluding carboxylic acids is 1. The first-order chi connectivity index (χ1) is 10.00. The third-order valence-corrected chi connectivity index (χ3v) is 5.76. The number of likely N-dealkylation sites (N-methyl/N-ethyl adjacent to an activating group) is 2. The predicted octanol–water partition coefficient (Wildman–Crippen LogP) is -0.567. The molecule has 0 aliphatic rings. The van der Waals surface area contributed by atoms with Crippen LogP contribution in [0.25, 0.3) is 0 Å². The quantitative estimate of drug-likeness (QED) is 0.738. The van der Waals surface area contributed by atoms with E-state index in [0.717, 1.165) is 10.4 Å². The van der Waals surface area contributed by atoms with Crippen molar-refractivity contribution < 1.29 is 21.6 Å². The molecule has 0 radical (unpaired) electrons. The van der Waals surface area contributed by atoms with Gasteiger partial charge in [0.1, 0.15) is 0 Å². The van der Waals surface area contributed by atoms with Crippen molar-refractivity contribution in [3.63, 3.8) is 0 Å². The lowest BCUT2D eigenvalue weighted by atomic mass is 10.4. The molecule has 0 spiro atoms. The van der Waals surface area contributed by atoms with Crippen molar-refractivity contribution >= 4 is 26.0 Å². The van der Waals surface area contributed by atoms with Gasteiger partial charge in [0.15, 0.2) is 0 Å². The Morgan fingerprint density at radius 2 is 1.68 bits per heavy atom. The van der Waals surface area contributed by atoms with Gasteiger partial charge in [-0.1, -0.05) is 13.0 Å². The smallest absolute Gasteiger partial charge is 0.243 e. The van der Waals surface area contributed by atoms with Crippen molar-refractivity contribution in [2.24, 2.45) is 5.14 Å². The van der Waals surface area contributed by atoms with Gasteiger partial charge in [-0.25, -0.2) is 22.0 Å². The maximum Gasteiger partial charge on any atom is 0.243 e. The molecule has 0 bridgehead atoms. The molecule has 8 nitrogen and oxygen atoms in total. The van der Waals surface area contributed by atoms with Gasteiger partial charge >= 0.3 is 0 Å². The zero-order valence-corrected chi connectivity index (χ0v) is 14.2. The number of primary sulfonamides is 1. The van der Waals surface area contributed by atoms with Gasteiger partial charge in [0, 0.05) is 20.6 Å². The fraction of sp³-hybridized carbons (Fsp3) is 0.417. The first-order valence-corrected chi connectivity index (χ1v) is 9.32. The summed E-state index contributed by atoms with van der Waals surface area (Å²) in [7, 11) is -4.97. The highest BCUT2D eigenvalue weighted by atomic mass is 32.2. The Balaban J connectivity index is 3.25. The number of carbonyl (C=O) groups is 1. The zero-order chi connectivity index (χ0) is 17.1. The van der Waals surface area contributed by atoms with E-state index in [1.54, 1.807) is 6.92 Å². The molecule has 1 rings (SSSR count). The predicted molar refractivity (Wildman–Crippen MR) is 80.9 cm³/mol. The van der Waals surface area contributed by atoms with Gasteiger partial charge in [0.25, 0.3) is 0 Å². The van der Waals surface area contributed by atoms with Crippen molar-refractivity contribution in [3.05, 3.63) is 24.3 Å². The Hall–Kier alpha value is -1.49. The highest BCUT2D eigenvalue weighted by Crippen LogP contribution is 2.19. The van der Waals surface area contributed by atoms with Crippen LogP contribution in [-0.2, 0) is 24.8 Å². The van der Waals surface area contributed by atoms with Gasteiger partial charge in [-0.3, -0.25) is 4.79 Å². The van der Waals surface area contributed by atoms with Crippen LogP contribution in [0, 0.1) is 0 Å². The molecule has 0 aromatic heterocycles. The molecule has 1 aromatic rings. The van der Waals surface area contributed by atoms with Gasteiger partial charge in [-0.2, -0.15) is 4.31 Å². The molecule has 0 unspecified atom stereocenters. The van der Waals surface area contributed by atoms with E-state index in [1.807, 2.05) is 0 Å². The fourth-order valence-electron chi connectivity index (χ4n) is 1.62. The number of amides is 1. The topological polar surface area (TPSA) is 118 Å². The number of rotatable bonds is 6. The van der Waals surface area contributed by atoms with E-state index in [4.69, 9.17) is 5.14 Å². The van der Waals surface area contributed by atoms with Crippen LogP contribution < -0.4 is 5.14 Å². The van der Waals surface area contributed by atoms with E-state index in [0.29, 0.717) is 0 Å². The van der Waals surface area contributed by atoms with Crippen LogP contribution in [0.1, 0.15) is 6.92 Å². The van der Waals surface area contributed by atoms with Gasteiger partial charge in [0.2, 0.25) is 26.0 Å². The normalized spacial score (nSPS) is 12.4. The SMILES string of the molecule is CCN(CC(=O)N(C)C)S(=O)(=O)c1cccc(S(N)(=O)=O)c1. The van der Waals surface area contributed by atoms with E-state index in [2.05, 4.69) is 0 Å². The van der Waals surface area contributed by atoms with E-state index < -0.39 is 20.0 Å². The van der Waals surface area contributed by atoms with E-state index >= 15 is 0 Å². The van der Waals surface area contributed by atoms with Crippen LogP contribution in [0.5, 0.6) is 0 Å². The molecular formula is C12H19N3O5S2. The van der Waals surface area contributed by atoms with Crippen molar-refractivity contribution in [1.29, 1.82) is 0 Å². The minimum atomic E-state index is -4.01. The average molecular weight is 349 g/mol. The molecule has 10 heteroatoms. The average Bonchev–Trinajstić information content (AvgIpc) is 2.43. The molecule has 0 atom stereocenters. The number of benzene rings is 1. The van der Waals surface area contributed by atoms with Crippen LogP contribution in [-0.4, -0.2) is 59.1 Å². The molecular weight excluding hydrogens is 330 g/mol. The first kappa shape index (κ1) is 18.6. The molecule has 0 aliphatic carbocycles. The lowest BCUT2D eigenvalue weighted by Gasteiger charge is -2.22. The van der Waals surface area contributed by atoms with Crippen molar-refractivity contribution in [3.8, 4) is 0 Å². The van der Waals surface area contributed by atoms with Gasteiger partial charge in [-0.05, 0) is 18.2 Å². The van der Waals surface area contributed by atoms with Gasteiger partial charge < -0.3 is 4.90 Å². The molecule has 2 N–H and O–H groups in total. The fourth-order valence-corrected chi connectivity index (χ4v) is 3.70. The van der Waals surface area contributed by atoms with Crippen LogP contribution in [0.2, 0.25) is 0 Å². The second kappa shape index (κ2) is 6.73. The Labute approximate surface area is 130 Å². The Morgan fingerprint density at radius 3 is 2.14 bits per heavy atom. The third kappa shape index (κ3) is 4.26. The molecule has 0 fully saturated rings. The lowest BCUT2D eigenvalue weighted by Crippen LogP contribution is -2.40. The minimum absolute atomic E-state index is 0.0709. The molecule has 0 aliphatic heterocycles. The maximum absolute atomic E-state index is 12.5. The second-order valence-electron chi connectivity index (χ2n) is 4.74. The molecule has 124 valence electrons. The Bertz CT molecular complexity index is 757. The highest BCUT2D eigenvalue weighted by molar-refractivity contribution is 7.90. The summed E-state index contributed by atoms with van der Waals surface area (Å²) in [6.45, 7) is 1.33. The van der Waals surface area contributed by atoms with Gasteiger partial charge in [0.05, 0.1) is 16.3 Å². The molecule has 1 amide bonds. The van der Waals surface area contributed by atoms with Crippen molar-refractivity contribution in [1.82, 2.24) is 9.21 Å². The number of nitrogens with zero attached hydrogens (tertiary/aromatic N) is 2. The minimum Gasteiger partial charge on any atom is -0.348 e. The first-order valence-electron chi connectivity index (χ1n) is 6.33.